The summed E-state index contributed by atoms with van der Waals surface area (Å²) in [7, 11) is 0. The van der Waals surface area contributed by atoms with Gasteiger partial charge in [0.05, 0.1) is 5.69 Å². The van der Waals surface area contributed by atoms with Gasteiger partial charge in [-0.2, -0.15) is 0 Å². The van der Waals surface area contributed by atoms with Gasteiger partial charge in [-0.25, -0.2) is 13.6 Å². The number of hydrogen-bond acceptors (Lipinski definition) is 3. The summed E-state index contributed by atoms with van der Waals surface area (Å²) in [6, 6.07) is 16.7. The number of halogens is 2. The zero-order valence-electron chi connectivity index (χ0n) is 16.8. The van der Waals surface area contributed by atoms with Gasteiger partial charge in [0.15, 0.2) is 0 Å². The molecule has 0 radical (unpaired) electrons. The molecule has 3 rings (SSSR count). The molecule has 164 valence electrons. The van der Waals surface area contributed by atoms with E-state index < -0.39 is 17.7 Å². The summed E-state index contributed by atoms with van der Waals surface area (Å²) in [5.41, 5.74) is 0.941. The number of rotatable bonds is 7. The molecule has 4 amide bonds. The van der Waals surface area contributed by atoms with E-state index in [2.05, 4.69) is 21.3 Å². The summed E-state index contributed by atoms with van der Waals surface area (Å²) < 4.78 is 26.8. The van der Waals surface area contributed by atoms with Crippen molar-refractivity contribution in [3.8, 4) is 0 Å². The fourth-order valence-corrected chi connectivity index (χ4v) is 2.73. The highest BCUT2D eigenvalue weighted by Gasteiger charge is 2.10. The molecule has 0 aliphatic rings. The lowest BCUT2D eigenvalue weighted by atomic mass is 10.2. The molecule has 32 heavy (non-hydrogen) atoms. The lowest BCUT2D eigenvalue weighted by molar-refractivity contribution is 0.0927. The molecule has 0 spiro atoms. The highest BCUT2D eigenvalue weighted by Crippen LogP contribution is 2.16. The molecule has 0 atom stereocenters. The van der Waals surface area contributed by atoms with Gasteiger partial charge in [0.25, 0.3) is 11.8 Å². The van der Waals surface area contributed by atoms with E-state index in [9.17, 15) is 23.2 Å². The molecular formula is C23H20F2N4O3. The molecule has 0 bridgehead atoms. The van der Waals surface area contributed by atoms with E-state index in [1.165, 1.54) is 24.3 Å². The van der Waals surface area contributed by atoms with Gasteiger partial charge in [0.2, 0.25) is 0 Å². The monoisotopic (exact) mass is 438 g/mol. The largest absolute Gasteiger partial charge is 0.350 e. The van der Waals surface area contributed by atoms with Crippen LogP contribution >= 0.6 is 0 Å². The van der Waals surface area contributed by atoms with Crippen LogP contribution in [0.4, 0.5) is 25.0 Å². The third kappa shape index (κ3) is 6.36. The number of carbonyl (C=O) groups is 3. The summed E-state index contributed by atoms with van der Waals surface area (Å²) in [5.74, 6) is -2.03. The topological polar surface area (TPSA) is 99.3 Å². The fraction of sp³-hybridized carbons (Fsp3) is 0.0870. The fourth-order valence-electron chi connectivity index (χ4n) is 2.73. The van der Waals surface area contributed by atoms with Crippen LogP contribution in [-0.2, 0) is 0 Å². The second-order valence-electron chi connectivity index (χ2n) is 6.66. The van der Waals surface area contributed by atoms with Gasteiger partial charge in [0.1, 0.15) is 11.6 Å². The number of benzene rings is 3. The smallest absolute Gasteiger partial charge is 0.323 e. The van der Waals surface area contributed by atoms with Crippen LogP contribution in [0.5, 0.6) is 0 Å². The maximum absolute atomic E-state index is 13.6. The van der Waals surface area contributed by atoms with Crippen LogP contribution in [0.1, 0.15) is 20.7 Å². The summed E-state index contributed by atoms with van der Waals surface area (Å²) in [6.45, 7) is 0.495. The second kappa shape index (κ2) is 10.7. The van der Waals surface area contributed by atoms with E-state index in [1.54, 1.807) is 24.3 Å². The van der Waals surface area contributed by atoms with Crippen LogP contribution in [0.25, 0.3) is 0 Å². The molecule has 0 aromatic heterocycles. The number of urea groups is 1. The highest BCUT2D eigenvalue weighted by molar-refractivity contribution is 6.00. The Labute approximate surface area is 182 Å². The van der Waals surface area contributed by atoms with E-state index in [0.29, 0.717) is 16.8 Å². The second-order valence-corrected chi connectivity index (χ2v) is 6.66. The molecule has 7 nitrogen and oxygen atoms in total. The van der Waals surface area contributed by atoms with Crippen molar-refractivity contribution in [3.63, 3.8) is 0 Å². The lowest BCUT2D eigenvalue weighted by Gasteiger charge is -2.10. The number of anilines is 2. The third-order valence-electron chi connectivity index (χ3n) is 4.31. The molecule has 4 N–H and O–H groups in total. The number of hydrogen-bond donors (Lipinski definition) is 4. The van der Waals surface area contributed by atoms with Crippen molar-refractivity contribution in [1.82, 2.24) is 10.6 Å². The van der Waals surface area contributed by atoms with E-state index in [1.807, 2.05) is 6.07 Å². The van der Waals surface area contributed by atoms with Crippen LogP contribution in [0.15, 0.2) is 72.8 Å². The molecule has 0 aliphatic carbocycles. The molecule has 3 aromatic rings. The molecule has 0 heterocycles. The average molecular weight is 438 g/mol. The van der Waals surface area contributed by atoms with Gasteiger partial charge in [-0.05, 0) is 48.5 Å². The van der Waals surface area contributed by atoms with Gasteiger partial charge in [-0.3, -0.25) is 9.59 Å². The van der Waals surface area contributed by atoms with Gasteiger partial charge in [-0.15, -0.1) is 0 Å². The Balaban J connectivity index is 1.44. The van der Waals surface area contributed by atoms with Crippen molar-refractivity contribution in [3.05, 3.63) is 95.6 Å². The lowest BCUT2D eigenvalue weighted by Crippen LogP contribution is -2.34. The molecule has 3 aromatic carbocycles. The zero-order valence-corrected chi connectivity index (χ0v) is 16.8. The molecule has 9 heteroatoms. The van der Waals surface area contributed by atoms with E-state index >= 15 is 0 Å². The summed E-state index contributed by atoms with van der Waals surface area (Å²) in [6.07, 6.45) is 0. The minimum atomic E-state index is -0.770. The molecule has 0 aliphatic heterocycles. The van der Waals surface area contributed by atoms with E-state index in [4.69, 9.17) is 0 Å². The van der Waals surface area contributed by atoms with Crippen LogP contribution < -0.4 is 21.3 Å². The first-order valence-electron chi connectivity index (χ1n) is 9.67. The van der Waals surface area contributed by atoms with Gasteiger partial charge in [-0.1, -0.05) is 18.2 Å². The third-order valence-corrected chi connectivity index (χ3v) is 4.31. The summed E-state index contributed by atoms with van der Waals surface area (Å²) >= 11 is 0. The van der Waals surface area contributed by atoms with Gasteiger partial charge >= 0.3 is 6.03 Å². The molecule has 0 unspecified atom stereocenters. The zero-order chi connectivity index (χ0) is 22.9. The first kappa shape index (κ1) is 22.4. The highest BCUT2D eigenvalue weighted by atomic mass is 19.1. The normalized spacial score (nSPS) is 10.2. The summed E-state index contributed by atoms with van der Waals surface area (Å²) in [4.78, 5) is 36.1. The first-order chi connectivity index (χ1) is 15.4. The molecule has 0 saturated carbocycles. The standard InChI is InChI=1S/C23H20F2N4O3/c24-17-8-11-19(25)20(14-17)29-23(32)28-18-9-6-16(7-10-18)22(31)27-13-12-26-21(30)15-4-2-1-3-5-15/h1-11,14H,12-13H2,(H,26,30)(H,27,31)(H2,28,29,32). The Bertz CT molecular complexity index is 1110. The van der Waals surface area contributed by atoms with Crippen molar-refractivity contribution >= 4 is 29.2 Å². The molecular weight excluding hydrogens is 418 g/mol. The van der Waals surface area contributed by atoms with E-state index in [-0.39, 0.29) is 30.6 Å². The SMILES string of the molecule is O=C(Nc1ccc(C(=O)NCCNC(=O)c2ccccc2)cc1)Nc1cc(F)ccc1F. The van der Waals surface area contributed by atoms with Crippen LogP contribution in [0, 0.1) is 11.6 Å². The van der Waals surface area contributed by atoms with Gasteiger partial charge in [0, 0.05) is 36.0 Å². The molecule has 0 fully saturated rings. The minimum absolute atomic E-state index is 0.230. The Morgan fingerprint density at radius 2 is 1.28 bits per heavy atom. The number of carbonyl (C=O) groups excluding carboxylic acids is 3. The van der Waals surface area contributed by atoms with Crippen molar-refractivity contribution in [2.24, 2.45) is 0 Å². The number of amides is 4. The van der Waals surface area contributed by atoms with Crippen molar-refractivity contribution in [2.45, 2.75) is 0 Å². The predicted molar refractivity (Wildman–Crippen MR) is 117 cm³/mol. The Hall–Kier alpha value is -4.27. The van der Waals surface area contributed by atoms with Crippen molar-refractivity contribution in [2.75, 3.05) is 23.7 Å². The Morgan fingerprint density at radius 1 is 0.688 bits per heavy atom. The van der Waals surface area contributed by atoms with Crippen LogP contribution in [0.3, 0.4) is 0 Å². The maximum atomic E-state index is 13.6. The molecule has 0 saturated heterocycles. The number of nitrogens with one attached hydrogen (secondary N) is 4. The van der Waals surface area contributed by atoms with E-state index in [0.717, 1.165) is 18.2 Å². The van der Waals surface area contributed by atoms with Crippen LogP contribution in [0.2, 0.25) is 0 Å². The Morgan fingerprint density at radius 3 is 1.91 bits per heavy atom. The average Bonchev–Trinajstić information content (AvgIpc) is 2.80. The van der Waals surface area contributed by atoms with Gasteiger partial charge < -0.3 is 21.3 Å². The first-order valence-corrected chi connectivity index (χ1v) is 9.67. The predicted octanol–water partition coefficient (Wildman–Crippen LogP) is 3.77. The quantitative estimate of drug-likeness (QED) is 0.423. The van der Waals surface area contributed by atoms with Crippen LogP contribution in [-0.4, -0.2) is 30.9 Å². The minimum Gasteiger partial charge on any atom is -0.350 e. The Kier molecular flexibility index (Phi) is 7.47. The van der Waals surface area contributed by atoms with Crippen molar-refractivity contribution < 1.29 is 23.2 Å². The van der Waals surface area contributed by atoms with Crippen molar-refractivity contribution in [1.29, 1.82) is 0 Å². The maximum Gasteiger partial charge on any atom is 0.323 e. The summed E-state index contributed by atoms with van der Waals surface area (Å²) in [5, 5.41) is 10.1.